The van der Waals surface area contributed by atoms with E-state index in [0.717, 1.165) is 12.1 Å². The third-order valence-electron chi connectivity index (χ3n) is 4.96. The van der Waals surface area contributed by atoms with Gasteiger partial charge in [0, 0.05) is 0 Å². The van der Waals surface area contributed by atoms with Gasteiger partial charge in [-0.1, -0.05) is 12.1 Å². The summed E-state index contributed by atoms with van der Waals surface area (Å²) in [7, 11) is 0. The van der Waals surface area contributed by atoms with Crippen LogP contribution in [0, 0.1) is 11.3 Å². The van der Waals surface area contributed by atoms with E-state index in [1.54, 1.807) is 0 Å². The van der Waals surface area contributed by atoms with Crippen LogP contribution in [0.15, 0.2) is 36.4 Å². The number of aliphatic hydroxyl groups excluding tert-OH is 3. The molecule has 0 aromatic heterocycles. The van der Waals surface area contributed by atoms with Crippen molar-refractivity contribution in [1.29, 1.82) is 5.26 Å². The second-order valence-electron chi connectivity index (χ2n) is 7.18. The van der Waals surface area contributed by atoms with Gasteiger partial charge in [-0.2, -0.15) is 5.26 Å². The molecular formula is C21H21NO11. The summed E-state index contributed by atoms with van der Waals surface area (Å²) < 4.78 is 16.2. The maximum Gasteiger partial charge on any atom is 0.338 e. The molecule has 1 saturated heterocycles. The van der Waals surface area contributed by atoms with Crippen molar-refractivity contribution in [2.24, 2.45) is 0 Å². The van der Waals surface area contributed by atoms with Gasteiger partial charge in [-0.05, 0) is 29.8 Å². The molecule has 1 fully saturated rings. The fraction of sp³-hybridized carbons (Fsp3) is 0.333. The van der Waals surface area contributed by atoms with Crippen molar-refractivity contribution >= 4 is 5.97 Å². The summed E-state index contributed by atoms with van der Waals surface area (Å²) >= 11 is 0. The number of nitriles is 1. The van der Waals surface area contributed by atoms with Crippen LogP contribution in [0.5, 0.6) is 23.0 Å². The number of rotatable bonds is 6. The van der Waals surface area contributed by atoms with Crippen LogP contribution in [0.4, 0.5) is 0 Å². The second-order valence-corrected chi connectivity index (χ2v) is 7.18. The molecule has 1 aliphatic heterocycles. The minimum Gasteiger partial charge on any atom is -0.508 e. The van der Waals surface area contributed by atoms with Crippen LogP contribution in [0.2, 0.25) is 0 Å². The molecule has 7 N–H and O–H groups in total. The number of aliphatic hydroxyl groups is 3. The third kappa shape index (κ3) is 5.08. The third-order valence-corrected chi connectivity index (χ3v) is 4.96. The smallest absolute Gasteiger partial charge is 0.338 e. The first-order valence-corrected chi connectivity index (χ1v) is 9.58. The van der Waals surface area contributed by atoms with Gasteiger partial charge < -0.3 is 50.0 Å². The summed E-state index contributed by atoms with van der Waals surface area (Å²) in [6, 6.07) is 8.84. The Morgan fingerprint density at radius 3 is 2.21 bits per heavy atom. The molecule has 0 bridgehead atoms. The molecule has 176 valence electrons. The molecule has 0 radical (unpaired) electrons. The van der Waals surface area contributed by atoms with Crippen molar-refractivity contribution < 1.29 is 54.8 Å². The zero-order valence-electron chi connectivity index (χ0n) is 16.8. The Morgan fingerprint density at radius 1 is 1.06 bits per heavy atom. The highest BCUT2D eigenvalue weighted by Gasteiger charge is 2.48. The van der Waals surface area contributed by atoms with E-state index in [1.165, 1.54) is 24.3 Å². The average Bonchev–Trinajstić information content (AvgIpc) is 2.80. The number of aromatic hydroxyl groups is 4. The number of hydrogen-bond donors (Lipinski definition) is 7. The zero-order chi connectivity index (χ0) is 24.3. The van der Waals surface area contributed by atoms with Crippen LogP contribution in [-0.2, 0) is 14.2 Å². The van der Waals surface area contributed by atoms with E-state index in [4.69, 9.17) is 14.2 Å². The van der Waals surface area contributed by atoms with Gasteiger partial charge in [0.25, 0.3) is 0 Å². The Hall–Kier alpha value is -3.60. The second kappa shape index (κ2) is 9.90. The van der Waals surface area contributed by atoms with Crippen molar-refractivity contribution in [3.05, 3.63) is 47.5 Å². The van der Waals surface area contributed by atoms with Crippen LogP contribution in [0.3, 0.4) is 0 Å². The van der Waals surface area contributed by atoms with Crippen molar-refractivity contribution in [2.75, 3.05) is 6.61 Å². The molecular weight excluding hydrogens is 442 g/mol. The van der Waals surface area contributed by atoms with Gasteiger partial charge in [-0.3, -0.25) is 0 Å². The molecule has 33 heavy (non-hydrogen) atoms. The number of phenolic OH excluding ortho intramolecular Hbond substituents is 4. The number of esters is 1. The topological polar surface area (TPSA) is 210 Å². The zero-order valence-corrected chi connectivity index (χ0v) is 16.8. The molecule has 6 atom stereocenters. The maximum atomic E-state index is 12.6. The van der Waals surface area contributed by atoms with E-state index in [2.05, 4.69) is 0 Å². The standard InChI is InChI=1S/C21H21NO11/c22-7-14(9-1-3-11(24)4-2-9)31-21-19(18(29)17(28)15(8-23)32-21)33-20(30)10-5-12(25)16(27)13(26)6-10/h1-6,14-15,17-19,21,23-29H,8H2. The van der Waals surface area contributed by atoms with Crippen LogP contribution in [-0.4, -0.2) is 79.0 Å². The van der Waals surface area contributed by atoms with Crippen molar-refractivity contribution in [1.82, 2.24) is 0 Å². The average molecular weight is 463 g/mol. The van der Waals surface area contributed by atoms with E-state index in [-0.39, 0.29) is 5.75 Å². The molecule has 0 amide bonds. The Morgan fingerprint density at radius 2 is 1.67 bits per heavy atom. The SMILES string of the molecule is N#CC(OC1OC(CO)C(O)C(O)C1OC(=O)c1cc(O)c(O)c(O)c1)c1ccc(O)cc1. The predicted molar refractivity (Wildman–Crippen MR) is 106 cm³/mol. The lowest BCUT2D eigenvalue weighted by Crippen LogP contribution is -2.60. The first-order chi connectivity index (χ1) is 15.7. The monoisotopic (exact) mass is 463 g/mol. The van der Waals surface area contributed by atoms with Gasteiger partial charge in [-0.15, -0.1) is 0 Å². The van der Waals surface area contributed by atoms with Crippen LogP contribution >= 0.6 is 0 Å². The predicted octanol–water partition coefficient (Wildman–Crippen LogP) is -0.245. The number of hydrogen-bond acceptors (Lipinski definition) is 12. The van der Waals surface area contributed by atoms with Gasteiger partial charge in [0.1, 0.15) is 24.1 Å². The molecule has 2 aromatic rings. The Labute approximate surface area is 186 Å². The maximum absolute atomic E-state index is 12.6. The summed E-state index contributed by atoms with van der Waals surface area (Å²) in [6.07, 6.45) is -9.50. The molecule has 1 heterocycles. The molecule has 0 spiro atoms. The van der Waals surface area contributed by atoms with Crippen molar-refractivity contribution in [3.63, 3.8) is 0 Å². The summed E-state index contributed by atoms with van der Waals surface area (Å²) in [4.78, 5) is 12.6. The summed E-state index contributed by atoms with van der Waals surface area (Å²) in [5.74, 6) is -3.74. The Kier molecular flexibility index (Phi) is 7.22. The number of carbonyl (C=O) groups is 1. The van der Waals surface area contributed by atoms with E-state index in [1.807, 2.05) is 6.07 Å². The minimum atomic E-state index is -1.82. The van der Waals surface area contributed by atoms with E-state index in [9.17, 15) is 45.8 Å². The van der Waals surface area contributed by atoms with Crippen LogP contribution < -0.4 is 0 Å². The quantitative estimate of drug-likeness (QED) is 0.218. The summed E-state index contributed by atoms with van der Waals surface area (Å²) in [6.45, 7) is -0.727. The number of nitrogens with zero attached hydrogens (tertiary/aromatic N) is 1. The Balaban J connectivity index is 1.88. The highest BCUT2D eigenvalue weighted by atomic mass is 16.7. The fourth-order valence-corrected chi connectivity index (χ4v) is 3.17. The number of carbonyl (C=O) groups excluding carboxylic acids is 1. The molecule has 0 saturated carbocycles. The van der Waals surface area contributed by atoms with E-state index >= 15 is 0 Å². The lowest BCUT2D eigenvalue weighted by Gasteiger charge is -2.41. The molecule has 1 aliphatic rings. The van der Waals surface area contributed by atoms with Crippen LogP contribution in [0.25, 0.3) is 0 Å². The molecule has 2 aromatic carbocycles. The molecule has 3 rings (SSSR count). The van der Waals surface area contributed by atoms with Gasteiger partial charge in [0.2, 0.25) is 0 Å². The van der Waals surface area contributed by atoms with Gasteiger partial charge in [0.05, 0.1) is 18.2 Å². The van der Waals surface area contributed by atoms with Crippen molar-refractivity contribution in [2.45, 2.75) is 36.8 Å². The summed E-state index contributed by atoms with van der Waals surface area (Å²) in [5, 5.41) is 77.7. The van der Waals surface area contributed by atoms with E-state index in [0.29, 0.717) is 5.56 Å². The fourth-order valence-electron chi connectivity index (χ4n) is 3.17. The van der Waals surface area contributed by atoms with Gasteiger partial charge in [0.15, 0.2) is 35.7 Å². The van der Waals surface area contributed by atoms with Crippen LogP contribution in [0.1, 0.15) is 22.0 Å². The first kappa shape index (κ1) is 24.1. The normalized spacial score (nSPS) is 25.7. The molecule has 12 heteroatoms. The van der Waals surface area contributed by atoms with Crippen molar-refractivity contribution in [3.8, 4) is 29.1 Å². The first-order valence-electron chi connectivity index (χ1n) is 9.58. The molecule has 0 aliphatic carbocycles. The highest BCUT2D eigenvalue weighted by Crippen LogP contribution is 2.36. The van der Waals surface area contributed by atoms with Gasteiger partial charge >= 0.3 is 5.97 Å². The number of benzene rings is 2. The van der Waals surface area contributed by atoms with Gasteiger partial charge in [-0.25, -0.2) is 4.79 Å². The molecule has 6 unspecified atom stereocenters. The highest BCUT2D eigenvalue weighted by molar-refractivity contribution is 5.91. The number of phenols is 4. The Bertz CT molecular complexity index is 1010. The largest absolute Gasteiger partial charge is 0.508 e. The van der Waals surface area contributed by atoms with E-state index < -0.39 is 72.2 Å². The number of ether oxygens (including phenoxy) is 3. The minimum absolute atomic E-state index is 0.0598. The molecule has 12 nitrogen and oxygen atoms in total. The lowest BCUT2D eigenvalue weighted by molar-refractivity contribution is -0.306. The lowest BCUT2D eigenvalue weighted by atomic mass is 9.98. The summed E-state index contributed by atoms with van der Waals surface area (Å²) in [5.41, 5.74) is -0.124.